The summed E-state index contributed by atoms with van der Waals surface area (Å²) in [6, 6.07) is 1.34. The molecule has 23 heavy (non-hydrogen) atoms. The van der Waals surface area contributed by atoms with Gasteiger partial charge in [-0.05, 0) is 0 Å². The van der Waals surface area contributed by atoms with E-state index in [1.807, 2.05) is 6.92 Å². The van der Waals surface area contributed by atoms with Crippen molar-refractivity contribution < 1.29 is 16.8 Å². The van der Waals surface area contributed by atoms with E-state index in [4.69, 9.17) is 0 Å². The molecule has 1 radical (unpaired) electrons. The van der Waals surface area contributed by atoms with E-state index >= 15 is 0 Å². The average molecular weight is 371 g/mol. The Morgan fingerprint density at radius 2 is 1.17 bits per heavy atom. The van der Waals surface area contributed by atoms with Crippen molar-refractivity contribution in [3.63, 3.8) is 0 Å². The first-order valence-corrected chi connectivity index (χ1v) is 8.76. The zero-order valence-corrected chi connectivity index (χ0v) is 18.1. The van der Waals surface area contributed by atoms with Gasteiger partial charge in [0.25, 0.3) is 0 Å². The Labute approximate surface area is 156 Å². The molecule has 0 heterocycles. The summed E-state index contributed by atoms with van der Waals surface area (Å²) in [5, 5.41) is 17.7. The molecule has 3 unspecified atom stereocenters. The number of nitrogens with zero attached hydrogens (tertiary/aromatic N) is 4. The Hall–Kier alpha value is 0.346. The molecular weight excluding hydrogens is 331 g/mol. The minimum Gasteiger partial charge on any atom is -0.676 e. The molecular formula is C18H40CoN4-4. The quantitative estimate of drug-likeness (QED) is 0.462. The monoisotopic (exact) mass is 371 g/mol. The van der Waals surface area contributed by atoms with Gasteiger partial charge in [0.05, 0.1) is 0 Å². The molecule has 0 aromatic heterocycles. The van der Waals surface area contributed by atoms with E-state index in [2.05, 4.69) is 83.6 Å². The van der Waals surface area contributed by atoms with Gasteiger partial charge in [-0.15, -0.1) is 30.6 Å². The molecule has 0 N–H and O–H groups in total. The zero-order chi connectivity index (χ0) is 17.8. The van der Waals surface area contributed by atoms with Crippen LogP contribution < -0.4 is 0 Å². The van der Waals surface area contributed by atoms with Gasteiger partial charge in [0, 0.05) is 16.8 Å². The van der Waals surface area contributed by atoms with Crippen molar-refractivity contribution in [2.75, 3.05) is 13.1 Å². The predicted molar refractivity (Wildman–Crippen MR) is 102 cm³/mol. The maximum atomic E-state index is 4.48. The topological polar surface area (TPSA) is 56.4 Å². The van der Waals surface area contributed by atoms with Gasteiger partial charge in [-0.1, -0.05) is 68.7 Å². The van der Waals surface area contributed by atoms with Gasteiger partial charge in [0.1, 0.15) is 0 Å². The van der Waals surface area contributed by atoms with Gasteiger partial charge in [0.2, 0.25) is 0 Å². The van der Waals surface area contributed by atoms with Crippen LogP contribution in [0.3, 0.4) is 0 Å². The SMILES string of the molecule is CC(C)[N-]C(C)[N-]C(C)(C)C.CC[N-]C(C)CC(C)[N-]CC.[Co]. The van der Waals surface area contributed by atoms with Gasteiger partial charge < -0.3 is 21.3 Å². The van der Waals surface area contributed by atoms with Crippen molar-refractivity contribution in [2.24, 2.45) is 0 Å². The summed E-state index contributed by atoms with van der Waals surface area (Å²) in [7, 11) is 0. The molecule has 0 rings (SSSR count). The molecule has 0 spiro atoms. The van der Waals surface area contributed by atoms with Crippen molar-refractivity contribution in [1.29, 1.82) is 0 Å². The van der Waals surface area contributed by atoms with Gasteiger partial charge in [-0.3, -0.25) is 0 Å². The third kappa shape index (κ3) is 24.7. The molecule has 0 aromatic rings. The normalized spacial score (nSPS) is 15.3. The summed E-state index contributed by atoms with van der Waals surface area (Å²) in [6.07, 6.45) is 1.23. The molecule has 0 aliphatic rings. The summed E-state index contributed by atoms with van der Waals surface area (Å²) in [5.41, 5.74) is 0.0395. The fourth-order valence-corrected chi connectivity index (χ4v) is 2.29. The largest absolute Gasteiger partial charge is 0.676 e. The summed E-state index contributed by atoms with van der Waals surface area (Å²) in [6.45, 7) is 22.8. The Morgan fingerprint density at radius 3 is 1.43 bits per heavy atom. The molecule has 4 nitrogen and oxygen atoms in total. The first kappa shape index (κ1) is 28.2. The van der Waals surface area contributed by atoms with Crippen LogP contribution in [0.5, 0.6) is 0 Å². The van der Waals surface area contributed by atoms with E-state index in [1.54, 1.807) is 0 Å². The van der Waals surface area contributed by atoms with Gasteiger partial charge in [-0.25, -0.2) is 6.17 Å². The van der Waals surface area contributed by atoms with Crippen LogP contribution in [0.25, 0.3) is 21.3 Å². The molecule has 5 heteroatoms. The molecule has 145 valence electrons. The minimum atomic E-state index is 0. The summed E-state index contributed by atoms with van der Waals surface area (Å²) >= 11 is 0. The smallest absolute Gasteiger partial charge is 0 e. The third-order valence-electron chi connectivity index (χ3n) is 2.76. The molecule has 0 saturated carbocycles. The average Bonchev–Trinajstić information content (AvgIpc) is 2.25. The Kier molecular flexibility index (Phi) is 19.4. The molecule has 0 saturated heterocycles. The first-order chi connectivity index (χ1) is 10.0. The van der Waals surface area contributed by atoms with Crippen LogP contribution in [-0.4, -0.2) is 42.9 Å². The van der Waals surface area contributed by atoms with Crippen LogP contribution >= 0.6 is 0 Å². The molecule has 0 bridgehead atoms. The molecule has 0 aliphatic carbocycles. The number of hydrogen-bond donors (Lipinski definition) is 0. The second-order valence-electron chi connectivity index (χ2n) is 7.11. The Balaban J connectivity index is -0.000000333. The second kappa shape index (κ2) is 15.8. The summed E-state index contributed by atoms with van der Waals surface area (Å²) in [5.74, 6) is 0. The fraction of sp³-hybridized carbons (Fsp3) is 1.00. The Bertz CT molecular complexity index is 232. The standard InChI is InChI=1S/2C9H20N2.Co/c1-7(2)10-8(3)11-9(4,5)6;1-5-10-8(3)7-9(4)11-6-2;/h7-8H,1-6H3;8-9H,5-7H2,1-4H3;/q2*-2;. The molecule has 3 atom stereocenters. The molecule has 0 amide bonds. The van der Waals surface area contributed by atoms with Crippen LogP contribution in [0.2, 0.25) is 0 Å². The third-order valence-corrected chi connectivity index (χ3v) is 2.76. The zero-order valence-electron chi connectivity index (χ0n) is 17.1. The van der Waals surface area contributed by atoms with Crippen LogP contribution in [-0.2, 0) is 16.8 Å². The summed E-state index contributed by atoms with van der Waals surface area (Å²) in [4.78, 5) is 0. The van der Waals surface area contributed by atoms with E-state index in [9.17, 15) is 0 Å². The van der Waals surface area contributed by atoms with Crippen molar-refractivity contribution in [1.82, 2.24) is 0 Å². The van der Waals surface area contributed by atoms with E-state index in [-0.39, 0.29) is 28.5 Å². The van der Waals surface area contributed by atoms with Crippen LogP contribution in [0.15, 0.2) is 0 Å². The fourth-order valence-electron chi connectivity index (χ4n) is 2.29. The van der Waals surface area contributed by atoms with Crippen molar-refractivity contribution in [2.45, 2.75) is 105 Å². The molecule has 0 fully saturated rings. The van der Waals surface area contributed by atoms with Gasteiger partial charge in [0.15, 0.2) is 0 Å². The number of rotatable bonds is 9. The van der Waals surface area contributed by atoms with E-state index < -0.39 is 0 Å². The van der Waals surface area contributed by atoms with Crippen LogP contribution in [0, 0.1) is 0 Å². The maximum Gasteiger partial charge on any atom is 0 e. The van der Waals surface area contributed by atoms with E-state index in [1.165, 1.54) is 0 Å². The van der Waals surface area contributed by atoms with Gasteiger partial charge >= 0.3 is 0 Å². The van der Waals surface area contributed by atoms with Crippen LogP contribution in [0.4, 0.5) is 0 Å². The summed E-state index contributed by atoms with van der Waals surface area (Å²) < 4.78 is 0. The van der Waals surface area contributed by atoms with Gasteiger partial charge in [-0.2, -0.15) is 13.1 Å². The second-order valence-corrected chi connectivity index (χ2v) is 7.11. The maximum absolute atomic E-state index is 4.48. The van der Waals surface area contributed by atoms with Crippen molar-refractivity contribution in [3.05, 3.63) is 21.3 Å². The molecule has 0 aromatic carbocycles. The van der Waals surface area contributed by atoms with E-state index in [0.717, 1.165) is 19.5 Å². The minimum absolute atomic E-state index is 0. The van der Waals surface area contributed by atoms with Crippen molar-refractivity contribution in [3.8, 4) is 0 Å². The Morgan fingerprint density at radius 1 is 0.783 bits per heavy atom. The van der Waals surface area contributed by atoms with Crippen molar-refractivity contribution >= 4 is 0 Å². The first-order valence-electron chi connectivity index (χ1n) is 8.76. The number of hydrogen-bond acceptors (Lipinski definition) is 0. The molecule has 0 aliphatic heterocycles. The predicted octanol–water partition coefficient (Wildman–Crippen LogP) is 6.22. The van der Waals surface area contributed by atoms with Crippen LogP contribution in [0.1, 0.15) is 75.7 Å². The van der Waals surface area contributed by atoms with E-state index in [0.29, 0.717) is 18.1 Å².